The quantitative estimate of drug-likeness (QED) is 0.679. The molecule has 0 radical (unpaired) electrons. The number of nitrogens with one attached hydrogen (secondary N) is 1. The summed E-state index contributed by atoms with van der Waals surface area (Å²) in [5.74, 6) is 2.64. The number of aromatic nitrogens is 2. The van der Waals surface area contributed by atoms with Crippen molar-refractivity contribution in [3.63, 3.8) is 0 Å². The molecule has 0 aliphatic heterocycles. The van der Waals surface area contributed by atoms with Gasteiger partial charge in [0.15, 0.2) is 6.54 Å². The average Bonchev–Trinajstić information content (AvgIpc) is 2.83. The molecule has 0 aromatic carbocycles. The topological polar surface area (TPSA) is 90.1 Å². The summed E-state index contributed by atoms with van der Waals surface area (Å²) in [7, 11) is 0. The minimum atomic E-state index is -0.490. The average molecular weight is 318 g/mol. The molecule has 1 heterocycles. The van der Waals surface area contributed by atoms with Crippen molar-refractivity contribution in [1.82, 2.24) is 15.1 Å². The predicted molar refractivity (Wildman–Crippen MR) is 82.6 cm³/mol. The molecule has 4 saturated carbocycles. The summed E-state index contributed by atoms with van der Waals surface area (Å²) >= 11 is 0. The van der Waals surface area contributed by atoms with Crippen molar-refractivity contribution in [2.24, 2.45) is 23.7 Å². The van der Waals surface area contributed by atoms with Crippen LogP contribution in [0.3, 0.4) is 0 Å². The Morgan fingerprint density at radius 2 is 1.91 bits per heavy atom. The molecule has 5 rings (SSSR count). The van der Waals surface area contributed by atoms with Gasteiger partial charge in [0.05, 0.1) is 11.8 Å². The SMILES string of the molecule is Cc1cc([N+](=O)[O-])n(CC(=O)NC2C3CC4CC(C3)CC2C4)n1. The molecular formula is C16H22N4O3. The fourth-order valence-corrected chi connectivity index (χ4v) is 5.32. The lowest BCUT2D eigenvalue weighted by molar-refractivity contribution is -0.392. The Balaban J connectivity index is 1.44. The summed E-state index contributed by atoms with van der Waals surface area (Å²) in [6.07, 6.45) is 6.32. The van der Waals surface area contributed by atoms with Gasteiger partial charge in [-0.05, 0) is 67.6 Å². The van der Waals surface area contributed by atoms with Crippen LogP contribution in [-0.2, 0) is 11.3 Å². The maximum Gasteiger partial charge on any atom is 0.345 e. The van der Waals surface area contributed by atoms with E-state index >= 15 is 0 Å². The molecule has 1 aromatic rings. The first-order valence-electron chi connectivity index (χ1n) is 8.48. The number of rotatable bonds is 4. The largest absolute Gasteiger partial charge is 0.358 e. The van der Waals surface area contributed by atoms with Gasteiger partial charge in [0.2, 0.25) is 0 Å². The number of carbonyl (C=O) groups is 1. The van der Waals surface area contributed by atoms with Crippen molar-refractivity contribution >= 4 is 11.7 Å². The van der Waals surface area contributed by atoms with Crippen molar-refractivity contribution in [2.45, 2.75) is 51.6 Å². The second-order valence-electron chi connectivity index (χ2n) is 7.58. The Bertz CT molecular complexity index is 626. The molecule has 0 unspecified atom stereocenters. The molecule has 1 aromatic heterocycles. The molecule has 7 nitrogen and oxygen atoms in total. The molecule has 4 bridgehead atoms. The van der Waals surface area contributed by atoms with Gasteiger partial charge >= 0.3 is 5.82 Å². The van der Waals surface area contributed by atoms with Crippen LogP contribution >= 0.6 is 0 Å². The van der Waals surface area contributed by atoms with Crippen molar-refractivity contribution < 1.29 is 9.72 Å². The van der Waals surface area contributed by atoms with Crippen LogP contribution in [0, 0.1) is 40.7 Å². The Hall–Kier alpha value is -1.92. The molecule has 4 aliphatic rings. The van der Waals surface area contributed by atoms with Gasteiger partial charge in [0.1, 0.15) is 0 Å². The molecule has 7 heteroatoms. The number of nitro groups is 1. The van der Waals surface area contributed by atoms with Crippen LogP contribution in [0.2, 0.25) is 0 Å². The van der Waals surface area contributed by atoms with Crippen LogP contribution in [0.25, 0.3) is 0 Å². The van der Waals surface area contributed by atoms with E-state index < -0.39 is 4.92 Å². The van der Waals surface area contributed by atoms with E-state index in [9.17, 15) is 14.9 Å². The van der Waals surface area contributed by atoms with E-state index in [1.54, 1.807) is 6.92 Å². The zero-order chi connectivity index (χ0) is 16.1. The summed E-state index contributed by atoms with van der Waals surface area (Å²) in [6.45, 7) is 1.62. The Kier molecular flexibility index (Phi) is 3.39. The monoisotopic (exact) mass is 318 g/mol. The first kappa shape index (κ1) is 14.7. The third-order valence-electron chi connectivity index (χ3n) is 5.92. The highest BCUT2D eigenvalue weighted by atomic mass is 16.6. The van der Waals surface area contributed by atoms with Gasteiger partial charge in [0, 0.05) is 6.04 Å². The van der Waals surface area contributed by atoms with Crippen LogP contribution in [-0.4, -0.2) is 26.7 Å². The lowest BCUT2D eigenvalue weighted by Gasteiger charge is -2.54. The second kappa shape index (κ2) is 5.32. The van der Waals surface area contributed by atoms with Gasteiger partial charge in [-0.25, -0.2) is 0 Å². The summed E-state index contributed by atoms with van der Waals surface area (Å²) in [4.78, 5) is 22.9. The van der Waals surface area contributed by atoms with Gasteiger partial charge < -0.3 is 15.4 Å². The number of nitrogens with zero attached hydrogens (tertiary/aromatic N) is 3. The zero-order valence-corrected chi connectivity index (χ0v) is 13.3. The fraction of sp³-hybridized carbons (Fsp3) is 0.750. The third kappa shape index (κ3) is 2.62. The number of hydrogen-bond acceptors (Lipinski definition) is 4. The molecule has 0 atom stereocenters. The molecule has 4 aliphatic carbocycles. The highest BCUT2D eigenvalue weighted by molar-refractivity contribution is 5.76. The summed E-state index contributed by atoms with van der Waals surface area (Å²) in [5, 5.41) is 18.3. The highest BCUT2D eigenvalue weighted by Crippen LogP contribution is 2.53. The summed E-state index contributed by atoms with van der Waals surface area (Å²) in [5.41, 5.74) is 0.555. The van der Waals surface area contributed by atoms with Crippen LogP contribution in [0.4, 0.5) is 5.82 Å². The normalized spacial score (nSPS) is 34.6. The van der Waals surface area contributed by atoms with Crippen molar-refractivity contribution in [3.05, 3.63) is 21.9 Å². The van der Waals surface area contributed by atoms with E-state index in [-0.39, 0.29) is 24.3 Å². The molecule has 1 N–H and O–H groups in total. The third-order valence-corrected chi connectivity index (χ3v) is 5.92. The van der Waals surface area contributed by atoms with Crippen LogP contribution in [0.1, 0.15) is 37.8 Å². The smallest absolute Gasteiger partial charge is 0.345 e. The van der Waals surface area contributed by atoms with Gasteiger partial charge in [-0.15, -0.1) is 4.68 Å². The van der Waals surface area contributed by atoms with E-state index in [4.69, 9.17) is 0 Å². The maximum absolute atomic E-state index is 12.4. The minimum Gasteiger partial charge on any atom is -0.358 e. The van der Waals surface area contributed by atoms with Crippen molar-refractivity contribution in [1.29, 1.82) is 0 Å². The molecule has 4 fully saturated rings. The lowest BCUT2D eigenvalue weighted by Crippen LogP contribution is -2.56. The van der Waals surface area contributed by atoms with E-state index in [1.807, 2.05) is 0 Å². The van der Waals surface area contributed by atoms with E-state index in [0.717, 1.165) is 11.8 Å². The van der Waals surface area contributed by atoms with Gasteiger partial charge in [-0.1, -0.05) is 5.10 Å². The molecule has 23 heavy (non-hydrogen) atoms. The number of carbonyl (C=O) groups excluding carboxylic acids is 1. The van der Waals surface area contributed by atoms with Gasteiger partial charge in [-0.2, -0.15) is 0 Å². The molecule has 1 amide bonds. The van der Waals surface area contributed by atoms with Crippen LogP contribution in [0.15, 0.2) is 6.07 Å². The maximum atomic E-state index is 12.4. The molecule has 0 spiro atoms. The Labute approximate surface area is 134 Å². The zero-order valence-electron chi connectivity index (χ0n) is 13.3. The predicted octanol–water partition coefficient (Wildman–Crippen LogP) is 2.04. The van der Waals surface area contributed by atoms with E-state index in [0.29, 0.717) is 17.5 Å². The lowest BCUT2D eigenvalue weighted by atomic mass is 9.54. The van der Waals surface area contributed by atoms with Gasteiger partial charge in [-0.3, -0.25) is 4.79 Å². The van der Waals surface area contributed by atoms with E-state index in [2.05, 4.69) is 10.4 Å². The standard InChI is InChI=1S/C16H22N4O3/c1-9-2-15(20(22)23)19(18-9)8-14(21)17-16-12-4-10-3-11(6-12)7-13(16)5-10/h2,10-13,16H,3-8H2,1H3,(H,17,21). The summed E-state index contributed by atoms with van der Waals surface area (Å²) in [6, 6.07) is 1.65. The summed E-state index contributed by atoms with van der Waals surface area (Å²) < 4.78 is 1.20. The molecular weight excluding hydrogens is 296 g/mol. The second-order valence-corrected chi connectivity index (χ2v) is 7.58. The van der Waals surface area contributed by atoms with E-state index in [1.165, 1.54) is 42.9 Å². The Morgan fingerprint density at radius 3 is 2.48 bits per heavy atom. The van der Waals surface area contributed by atoms with Crippen molar-refractivity contribution in [3.8, 4) is 0 Å². The number of aryl methyl sites for hydroxylation is 1. The molecule has 124 valence electrons. The van der Waals surface area contributed by atoms with Crippen LogP contribution < -0.4 is 5.32 Å². The molecule has 0 saturated heterocycles. The van der Waals surface area contributed by atoms with Crippen LogP contribution in [0.5, 0.6) is 0 Å². The first-order chi connectivity index (χ1) is 11.0. The van der Waals surface area contributed by atoms with Gasteiger partial charge in [0.25, 0.3) is 5.91 Å². The highest BCUT2D eigenvalue weighted by Gasteiger charge is 2.48. The fourth-order valence-electron chi connectivity index (χ4n) is 5.32. The Morgan fingerprint density at radius 1 is 1.30 bits per heavy atom. The number of hydrogen-bond donors (Lipinski definition) is 1. The van der Waals surface area contributed by atoms with Crippen molar-refractivity contribution in [2.75, 3.05) is 0 Å². The number of amides is 1. The minimum absolute atomic E-state index is 0.0764. The first-order valence-corrected chi connectivity index (χ1v) is 8.48.